The molecule has 0 aliphatic carbocycles. The first-order chi connectivity index (χ1) is 25.9. The second kappa shape index (κ2) is 23.2. The van der Waals surface area contributed by atoms with E-state index in [-0.39, 0.29) is 0 Å². The Morgan fingerprint density at radius 1 is 0.264 bits per heavy atom. The number of methoxy groups -OCH3 is 8. The Balaban J connectivity index is 0.000000196. The minimum atomic E-state index is 0.819. The molecule has 0 unspecified atom stereocenters. The second-order valence-corrected chi connectivity index (χ2v) is 11.1. The Bertz CT molecular complexity index is 1700. The fraction of sp³-hybridized carbons (Fsp3) is 0.200. The quantitative estimate of drug-likeness (QED) is 0.131. The lowest BCUT2D eigenvalue weighted by Crippen LogP contribution is -1.89. The van der Waals surface area contributed by atoms with Crippen LogP contribution in [0.15, 0.2) is 146 Å². The molecule has 6 aromatic rings. The molecule has 0 aliphatic rings. The van der Waals surface area contributed by atoms with Crippen molar-refractivity contribution < 1.29 is 37.9 Å². The zero-order valence-corrected chi connectivity index (χ0v) is 31.8. The summed E-state index contributed by atoms with van der Waals surface area (Å²) in [5.41, 5.74) is 4.89. The lowest BCUT2D eigenvalue weighted by molar-refractivity contribution is 0.394. The number of benzene rings is 6. The SMILES string of the molecule is COc1ccc(-c2ccc(OC)cc2)cc1.COc1ccc(Cc2ccc(OC)cc2)cc1.COc1ccc(OC)cc1.COc1cccc(OC)c1. The molecule has 6 aromatic carbocycles. The van der Waals surface area contributed by atoms with Gasteiger partial charge in [0, 0.05) is 6.07 Å². The fourth-order valence-corrected chi connectivity index (χ4v) is 4.73. The van der Waals surface area contributed by atoms with Gasteiger partial charge in [0.25, 0.3) is 0 Å². The minimum absolute atomic E-state index is 0.819. The fourth-order valence-electron chi connectivity index (χ4n) is 4.73. The summed E-state index contributed by atoms with van der Waals surface area (Å²) in [4.78, 5) is 0. The summed E-state index contributed by atoms with van der Waals surface area (Å²) < 4.78 is 40.4. The first-order valence-electron chi connectivity index (χ1n) is 16.8. The van der Waals surface area contributed by atoms with Gasteiger partial charge in [-0.05, 0) is 114 Å². The van der Waals surface area contributed by atoms with E-state index in [1.165, 1.54) is 22.3 Å². The average Bonchev–Trinajstić information content (AvgIpc) is 3.25. The van der Waals surface area contributed by atoms with Crippen molar-refractivity contribution in [3.05, 3.63) is 157 Å². The van der Waals surface area contributed by atoms with E-state index in [1.807, 2.05) is 121 Å². The van der Waals surface area contributed by atoms with E-state index < -0.39 is 0 Å². The van der Waals surface area contributed by atoms with Crippen LogP contribution in [0.4, 0.5) is 0 Å². The molecule has 0 aromatic heterocycles. The summed E-state index contributed by atoms with van der Waals surface area (Å²) in [6.07, 6.45) is 0.925. The smallest absolute Gasteiger partial charge is 0.122 e. The van der Waals surface area contributed by atoms with Gasteiger partial charge in [-0.3, -0.25) is 0 Å². The Labute approximate surface area is 314 Å². The summed E-state index contributed by atoms with van der Waals surface area (Å²) in [5.74, 6) is 6.86. The van der Waals surface area contributed by atoms with E-state index >= 15 is 0 Å². The summed E-state index contributed by atoms with van der Waals surface area (Å²) >= 11 is 0. The maximum Gasteiger partial charge on any atom is 0.122 e. The highest BCUT2D eigenvalue weighted by atomic mass is 16.5. The Hall–Kier alpha value is -6.28. The normalized spacial score (nSPS) is 9.58. The van der Waals surface area contributed by atoms with Crippen molar-refractivity contribution in [1.29, 1.82) is 0 Å². The number of rotatable bonds is 11. The third kappa shape index (κ3) is 14.5. The van der Waals surface area contributed by atoms with Crippen molar-refractivity contribution >= 4 is 0 Å². The van der Waals surface area contributed by atoms with Gasteiger partial charge in [0.2, 0.25) is 0 Å². The summed E-state index contributed by atoms with van der Waals surface area (Å²) in [7, 11) is 13.2. The lowest BCUT2D eigenvalue weighted by Gasteiger charge is -2.05. The molecular formula is C45H50O8. The Morgan fingerprint density at radius 2 is 0.491 bits per heavy atom. The van der Waals surface area contributed by atoms with Gasteiger partial charge in [-0.15, -0.1) is 0 Å². The largest absolute Gasteiger partial charge is 0.497 e. The maximum absolute atomic E-state index is 5.13. The van der Waals surface area contributed by atoms with E-state index in [0.29, 0.717) is 0 Å². The third-order valence-corrected chi connectivity index (χ3v) is 7.81. The van der Waals surface area contributed by atoms with Crippen molar-refractivity contribution in [2.75, 3.05) is 56.9 Å². The van der Waals surface area contributed by atoms with Gasteiger partial charge < -0.3 is 37.9 Å². The van der Waals surface area contributed by atoms with Crippen LogP contribution in [0.5, 0.6) is 46.0 Å². The molecule has 53 heavy (non-hydrogen) atoms. The number of ether oxygens (including phenoxy) is 8. The monoisotopic (exact) mass is 718 g/mol. The highest BCUT2D eigenvalue weighted by Crippen LogP contribution is 2.24. The molecule has 0 saturated carbocycles. The molecule has 8 nitrogen and oxygen atoms in total. The van der Waals surface area contributed by atoms with Gasteiger partial charge in [0.1, 0.15) is 46.0 Å². The van der Waals surface area contributed by atoms with Crippen molar-refractivity contribution in [3.63, 3.8) is 0 Å². The highest BCUT2D eigenvalue weighted by Gasteiger charge is 2.00. The van der Waals surface area contributed by atoms with E-state index in [0.717, 1.165) is 52.4 Å². The molecule has 0 radical (unpaired) electrons. The standard InChI is InChI=1S/C15H16O2.C14H14O2.2C8H10O2/c1-16-14-7-3-12(4-8-14)11-13-5-9-15(17-2)10-6-13;1-15-13-7-3-11(4-8-13)12-5-9-14(16-2)10-6-12;1-9-7-3-5-8(10-2)6-4-7;1-9-7-4-3-5-8(6-7)10-2/h3-10H,11H2,1-2H3;3-10H,1-2H3;2*3-6H,1-2H3. The first kappa shape index (κ1) is 41.1. The molecule has 0 saturated heterocycles. The van der Waals surface area contributed by atoms with Crippen LogP contribution in [0.2, 0.25) is 0 Å². The van der Waals surface area contributed by atoms with Gasteiger partial charge in [-0.1, -0.05) is 54.6 Å². The predicted octanol–water partition coefficient (Wildman–Crippen LogP) is 10.1. The predicted molar refractivity (Wildman–Crippen MR) is 213 cm³/mol. The van der Waals surface area contributed by atoms with Crippen LogP contribution in [0.1, 0.15) is 11.1 Å². The van der Waals surface area contributed by atoms with Gasteiger partial charge in [0.15, 0.2) is 0 Å². The van der Waals surface area contributed by atoms with Gasteiger partial charge >= 0.3 is 0 Å². The Morgan fingerprint density at radius 3 is 0.736 bits per heavy atom. The van der Waals surface area contributed by atoms with Gasteiger partial charge in [-0.25, -0.2) is 0 Å². The maximum atomic E-state index is 5.13. The van der Waals surface area contributed by atoms with Crippen molar-refractivity contribution in [2.45, 2.75) is 6.42 Å². The average molecular weight is 719 g/mol. The van der Waals surface area contributed by atoms with Crippen LogP contribution < -0.4 is 37.9 Å². The molecule has 0 aliphatic heterocycles. The molecular weight excluding hydrogens is 668 g/mol. The molecule has 6 rings (SSSR count). The van der Waals surface area contributed by atoms with Gasteiger partial charge in [-0.2, -0.15) is 0 Å². The topological polar surface area (TPSA) is 73.8 Å². The third-order valence-electron chi connectivity index (χ3n) is 7.81. The van der Waals surface area contributed by atoms with Crippen LogP contribution in [-0.2, 0) is 6.42 Å². The second-order valence-electron chi connectivity index (χ2n) is 11.1. The van der Waals surface area contributed by atoms with Crippen LogP contribution >= 0.6 is 0 Å². The molecule has 0 fully saturated rings. The lowest BCUT2D eigenvalue weighted by atomic mass is 10.0. The van der Waals surface area contributed by atoms with Crippen molar-refractivity contribution in [3.8, 4) is 57.1 Å². The highest BCUT2D eigenvalue weighted by molar-refractivity contribution is 5.64. The van der Waals surface area contributed by atoms with Crippen molar-refractivity contribution in [1.82, 2.24) is 0 Å². The van der Waals surface area contributed by atoms with Crippen molar-refractivity contribution in [2.24, 2.45) is 0 Å². The van der Waals surface area contributed by atoms with Crippen LogP contribution in [0, 0.1) is 0 Å². The number of hydrogen-bond donors (Lipinski definition) is 0. The molecule has 0 heterocycles. The Kier molecular flexibility index (Phi) is 18.0. The van der Waals surface area contributed by atoms with Gasteiger partial charge in [0.05, 0.1) is 56.9 Å². The van der Waals surface area contributed by atoms with E-state index in [1.54, 1.807) is 56.9 Å². The molecule has 0 bridgehead atoms. The molecule has 8 heteroatoms. The zero-order chi connectivity index (χ0) is 38.3. The summed E-state index contributed by atoms with van der Waals surface area (Å²) in [6.45, 7) is 0. The van der Waals surface area contributed by atoms with Crippen LogP contribution in [-0.4, -0.2) is 56.9 Å². The summed E-state index contributed by atoms with van der Waals surface area (Å²) in [5, 5.41) is 0. The molecule has 278 valence electrons. The molecule has 0 amide bonds. The molecule has 0 spiro atoms. The zero-order valence-electron chi connectivity index (χ0n) is 31.8. The van der Waals surface area contributed by atoms with Crippen LogP contribution in [0.3, 0.4) is 0 Å². The summed E-state index contributed by atoms with van der Waals surface area (Å²) in [6, 6.07) is 47.2. The first-order valence-corrected chi connectivity index (χ1v) is 16.8. The minimum Gasteiger partial charge on any atom is -0.497 e. The van der Waals surface area contributed by atoms with E-state index in [2.05, 4.69) is 24.3 Å². The van der Waals surface area contributed by atoms with Crippen LogP contribution in [0.25, 0.3) is 11.1 Å². The van der Waals surface area contributed by atoms with E-state index in [9.17, 15) is 0 Å². The molecule has 0 atom stereocenters. The molecule has 0 N–H and O–H groups in total. The number of hydrogen-bond acceptors (Lipinski definition) is 8. The van der Waals surface area contributed by atoms with E-state index in [4.69, 9.17) is 37.9 Å².